The Morgan fingerprint density at radius 1 is 1.25 bits per heavy atom. The molecule has 0 aliphatic carbocycles. The Bertz CT molecular complexity index is 597. The number of hydrogen-bond acceptors (Lipinski definition) is 3. The minimum atomic E-state index is -0.729. The van der Waals surface area contributed by atoms with Crippen LogP contribution in [0.4, 0.5) is 14.5 Å². The standard InChI is InChI=1S/C14H12F2N2OS/c1-9-2-3-14(17-7-9)20-8-13(19)18-12-5-10(15)4-11(16)6-12/h2-7H,8H2,1H3,(H,18,19). The van der Waals surface area contributed by atoms with Gasteiger partial charge in [0, 0.05) is 18.0 Å². The fourth-order valence-corrected chi connectivity index (χ4v) is 2.14. The summed E-state index contributed by atoms with van der Waals surface area (Å²) in [5.41, 5.74) is 1.14. The molecular formula is C14H12F2N2OS. The van der Waals surface area contributed by atoms with Gasteiger partial charge < -0.3 is 5.32 Å². The van der Waals surface area contributed by atoms with Crippen molar-refractivity contribution in [2.24, 2.45) is 0 Å². The minimum Gasteiger partial charge on any atom is -0.325 e. The molecular weight excluding hydrogens is 282 g/mol. The minimum absolute atomic E-state index is 0.102. The van der Waals surface area contributed by atoms with Crippen molar-refractivity contribution in [2.75, 3.05) is 11.1 Å². The molecule has 6 heteroatoms. The third kappa shape index (κ3) is 4.31. The van der Waals surface area contributed by atoms with Crippen molar-refractivity contribution in [1.29, 1.82) is 0 Å². The van der Waals surface area contributed by atoms with Crippen LogP contribution in [0.2, 0.25) is 0 Å². The number of pyridine rings is 1. The van der Waals surface area contributed by atoms with Crippen LogP contribution in [0.25, 0.3) is 0 Å². The normalized spacial score (nSPS) is 10.3. The summed E-state index contributed by atoms with van der Waals surface area (Å²) in [4.78, 5) is 15.8. The van der Waals surface area contributed by atoms with Crippen LogP contribution in [-0.4, -0.2) is 16.6 Å². The predicted octanol–water partition coefficient (Wildman–Crippen LogP) is 3.40. The Morgan fingerprint density at radius 3 is 2.55 bits per heavy atom. The number of aryl methyl sites for hydroxylation is 1. The number of aromatic nitrogens is 1. The van der Waals surface area contributed by atoms with E-state index in [0.717, 1.165) is 28.8 Å². The van der Waals surface area contributed by atoms with E-state index >= 15 is 0 Å². The van der Waals surface area contributed by atoms with Crippen LogP contribution < -0.4 is 5.32 Å². The molecule has 104 valence electrons. The number of nitrogens with one attached hydrogen (secondary N) is 1. The SMILES string of the molecule is Cc1ccc(SCC(=O)Nc2cc(F)cc(F)c2)nc1. The van der Waals surface area contributed by atoms with E-state index in [1.807, 2.05) is 19.1 Å². The molecule has 3 nitrogen and oxygen atoms in total. The van der Waals surface area contributed by atoms with Crippen LogP contribution in [0.1, 0.15) is 5.56 Å². The van der Waals surface area contributed by atoms with E-state index in [9.17, 15) is 13.6 Å². The third-order valence-corrected chi connectivity index (χ3v) is 3.33. The van der Waals surface area contributed by atoms with Gasteiger partial charge in [-0.15, -0.1) is 0 Å². The molecule has 0 spiro atoms. The first-order valence-electron chi connectivity index (χ1n) is 5.84. The average Bonchev–Trinajstić information content (AvgIpc) is 2.37. The van der Waals surface area contributed by atoms with Gasteiger partial charge in [0.2, 0.25) is 5.91 Å². The topological polar surface area (TPSA) is 42.0 Å². The van der Waals surface area contributed by atoms with E-state index in [0.29, 0.717) is 0 Å². The molecule has 0 aliphatic rings. The Kier molecular flexibility index (Phi) is 4.68. The lowest BCUT2D eigenvalue weighted by Gasteiger charge is -2.05. The van der Waals surface area contributed by atoms with E-state index < -0.39 is 11.6 Å². The Morgan fingerprint density at radius 2 is 1.95 bits per heavy atom. The molecule has 0 saturated carbocycles. The zero-order valence-electron chi connectivity index (χ0n) is 10.7. The van der Waals surface area contributed by atoms with Gasteiger partial charge in [-0.2, -0.15) is 0 Å². The van der Waals surface area contributed by atoms with Crippen molar-refractivity contribution in [3.05, 3.63) is 53.7 Å². The lowest BCUT2D eigenvalue weighted by Crippen LogP contribution is -2.14. The highest BCUT2D eigenvalue weighted by Crippen LogP contribution is 2.17. The maximum Gasteiger partial charge on any atom is 0.234 e. The zero-order valence-corrected chi connectivity index (χ0v) is 11.5. The van der Waals surface area contributed by atoms with Gasteiger partial charge in [0.1, 0.15) is 11.6 Å². The van der Waals surface area contributed by atoms with Gasteiger partial charge in [-0.25, -0.2) is 13.8 Å². The van der Waals surface area contributed by atoms with Crippen molar-refractivity contribution in [3.63, 3.8) is 0 Å². The summed E-state index contributed by atoms with van der Waals surface area (Å²) >= 11 is 1.25. The molecule has 1 N–H and O–H groups in total. The molecule has 0 unspecified atom stereocenters. The van der Waals surface area contributed by atoms with Crippen molar-refractivity contribution >= 4 is 23.4 Å². The molecule has 0 saturated heterocycles. The first-order valence-corrected chi connectivity index (χ1v) is 6.83. The number of carbonyl (C=O) groups excluding carboxylic acids is 1. The van der Waals surface area contributed by atoms with Gasteiger partial charge in [-0.3, -0.25) is 4.79 Å². The van der Waals surface area contributed by atoms with E-state index in [4.69, 9.17) is 0 Å². The number of halogens is 2. The molecule has 1 heterocycles. The van der Waals surface area contributed by atoms with Gasteiger partial charge in [0.25, 0.3) is 0 Å². The summed E-state index contributed by atoms with van der Waals surface area (Å²) in [6, 6.07) is 6.59. The lowest BCUT2D eigenvalue weighted by molar-refractivity contribution is -0.113. The summed E-state index contributed by atoms with van der Waals surface area (Å²) in [7, 11) is 0. The molecule has 1 aromatic heterocycles. The van der Waals surface area contributed by atoms with E-state index in [1.54, 1.807) is 6.20 Å². The molecule has 20 heavy (non-hydrogen) atoms. The highest BCUT2D eigenvalue weighted by atomic mass is 32.2. The second-order valence-corrected chi connectivity index (χ2v) is 5.16. The lowest BCUT2D eigenvalue weighted by atomic mass is 10.3. The third-order valence-electron chi connectivity index (χ3n) is 2.38. The van der Waals surface area contributed by atoms with Crippen molar-refractivity contribution in [1.82, 2.24) is 4.98 Å². The number of carbonyl (C=O) groups is 1. The molecule has 0 radical (unpaired) electrons. The van der Waals surface area contributed by atoms with E-state index in [1.165, 1.54) is 11.8 Å². The van der Waals surface area contributed by atoms with Crippen molar-refractivity contribution in [3.8, 4) is 0 Å². The summed E-state index contributed by atoms with van der Waals surface area (Å²) < 4.78 is 25.9. The highest BCUT2D eigenvalue weighted by Gasteiger charge is 2.06. The first-order chi connectivity index (χ1) is 9.52. The van der Waals surface area contributed by atoms with Gasteiger partial charge in [0.05, 0.1) is 10.8 Å². The maximum atomic E-state index is 13.0. The number of nitrogens with zero attached hydrogens (tertiary/aromatic N) is 1. The van der Waals surface area contributed by atoms with Gasteiger partial charge in [-0.05, 0) is 30.7 Å². The average molecular weight is 294 g/mol. The van der Waals surface area contributed by atoms with Crippen LogP contribution in [0.15, 0.2) is 41.6 Å². The van der Waals surface area contributed by atoms with Crippen molar-refractivity contribution in [2.45, 2.75) is 11.9 Å². The Labute approximate surface area is 119 Å². The first kappa shape index (κ1) is 14.5. The molecule has 2 rings (SSSR count). The molecule has 2 aromatic rings. The summed E-state index contributed by atoms with van der Waals surface area (Å²) in [6.45, 7) is 1.92. The van der Waals surface area contributed by atoms with E-state index in [-0.39, 0.29) is 17.3 Å². The Balaban J connectivity index is 1.90. The van der Waals surface area contributed by atoms with E-state index in [2.05, 4.69) is 10.3 Å². The largest absolute Gasteiger partial charge is 0.325 e. The number of benzene rings is 1. The molecule has 1 aromatic carbocycles. The number of amides is 1. The smallest absolute Gasteiger partial charge is 0.234 e. The number of thioether (sulfide) groups is 1. The van der Waals surface area contributed by atoms with Crippen LogP contribution in [0.3, 0.4) is 0 Å². The van der Waals surface area contributed by atoms with Crippen LogP contribution >= 0.6 is 11.8 Å². The highest BCUT2D eigenvalue weighted by molar-refractivity contribution is 7.99. The van der Waals surface area contributed by atoms with Gasteiger partial charge in [0.15, 0.2) is 0 Å². The molecule has 0 aliphatic heterocycles. The quantitative estimate of drug-likeness (QED) is 0.879. The van der Waals surface area contributed by atoms with Gasteiger partial charge >= 0.3 is 0 Å². The number of rotatable bonds is 4. The zero-order chi connectivity index (χ0) is 14.5. The van der Waals surface area contributed by atoms with Gasteiger partial charge in [-0.1, -0.05) is 17.8 Å². The summed E-state index contributed by atoms with van der Waals surface area (Å²) in [5.74, 6) is -1.68. The predicted molar refractivity (Wildman–Crippen MR) is 74.7 cm³/mol. The number of anilines is 1. The van der Waals surface area contributed by atoms with Crippen LogP contribution in [-0.2, 0) is 4.79 Å². The molecule has 0 fully saturated rings. The summed E-state index contributed by atoms with van der Waals surface area (Å²) in [6.07, 6.45) is 1.71. The molecule has 1 amide bonds. The van der Waals surface area contributed by atoms with Crippen molar-refractivity contribution < 1.29 is 13.6 Å². The number of hydrogen-bond donors (Lipinski definition) is 1. The van der Waals surface area contributed by atoms with Crippen LogP contribution in [0, 0.1) is 18.6 Å². The second kappa shape index (κ2) is 6.47. The molecule has 0 bridgehead atoms. The maximum absolute atomic E-state index is 13.0. The fourth-order valence-electron chi connectivity index (χ4n) is 1.50. The summed E-state index contributed by atoms with van der Waals surface area (Å²) in [5, 5.41) is 3.16. The second-order valence-electron chi connectivity index (χ2n) is 4.17. The fraction of sp³-hybridized carbons (Fsp3) is 0.143. The monoisotopic (exact) mass is 294 g/mol. The van der Waals surface area contributed by atoms with Crippen LogP contribution in [0.5, 0.6) is 0 Å². The molecule has 0 atom stereocenters. The Hall–Kier alpha value is -1.95.